The van der Waals surface area contributed by atoms with E-state index in [-0.39, 0.29) is 71.2 Å². The van der Waals surface area contributed by atoms with E-state index in [2.05, 4.69) is 49.5 Å². The molecule has 7 aliphatic rings. The summed E-state index contributed by atoms with van der Waals surface area (Å²) in [5, 5.41) is 45.9. The Balaban J connectivity index is 0.560. The zero-order valence-corrected chi connectivity index (χ0v) is 58.8. The summed E-state index contributed by atoms with van der Waals surface area (Å²) >= 11 is 3.14. The number of pyridine rings is 1. The summed E-state index contributed by atoms with van der Waals surface area (Å²) in [6.07, 6.45) is 11.5. The van der Waals surface area contributed by atoms with Crippen LogP contribution in [0.1, 0.15) is 157 Å². The largest absolute Gasteiger partial charge is 0.476 e. The fraction of sp³-hybridized carbons (Fsp3) is 0.548. The van der Waals surface area contributed by atoms with Crippen LogP contribution >= 0.6 is 22.7 Å². The second kappa shape index (κ2) is 27.2. The number of anilines is 4. The molecule has 5 atom stereocenters. The second-order valence-corrected chi connectivity index (χ2v) is 32.3. The van der Waals surface area contributed by atoms with Crippen LogP contribution in [0, 0.1) is 42.4 Å². The molecule has 5 aromatic heterocycles. The number of nitrogens with zero attached hydrogens (tertiary/aromatic N) is 11. The molecular weight excluding hydrogens is 1270 g/mol. The molecule has 4 aliphatic carbocycles. The van der Waals surface area contributed by atoms with Crippen LogP contribution in [0.4, 0.5) is 22.6 Å². The number of rotatable bonds is 23. The number of β-amino-alcohol motifs (C(OH)–C–C–N with tert-alkyl or cyclic N) is 1. The van der Waals surface area contributed by atoms with Crippen LogP contribution in [0.3, 0.4) is 0 Å². The van der Waals surface area contributed by atoms with Gasteiger partial charge in [-0.1, -0.05) is 88.8 Å². The fourth-order valence-electron chi connectivity index (χ4n) is 17.8. The van der Waals surface area contributed by atoms with Gasteiger partial charge >= 0.3 is 5.97 Å². The van der Waals surface area contributed by atoms with Crippen molar-refractivity contribution in [2.75, 3.05) is 62.6 Å². The maximum atomic E-state index is 14.2. The molecule has 8 heterocycles. The Morgan fingerprint density at radius 1 is 0.835 bits per heavy atom. The van der Waals surface area contributed by atoms with E-state index in [0.29, 0.717) is 74.9 Å². The summed E-state index contributed by atoms with van der Waals surface area (Å²) < 4.78 is 10.4. The van der Waals surface area contributed by atoms with Gasteiger partial charge in [-0.05, 0) is 142 Å². The van der Waals surface area contributed by atoms with Gasteiger partial charge in [-0.25, -0.2) is 19.7 Å². The van der Waals surface area contributed by atoms with E-state index >= 15 is 0 Å². The summed E-state index contributed by atoms with van der Waals surface area (Å²) in [5.74, 6) is -0.174. The van der Waals surface area contributed by atoms with Gasteiger partial charge in [-0.15, -0.1) is 21.5 Å². The lowest BCUT2D eigenvalue weighted by molar-refractivity contribution is -0.249. The van der Waals surface area contributed by atoms with Crippen molar-refractivity contribution in [3.8, 4) is 21.6 Å². The molecule has 4 bridgehead atoms. The number of likely N-dealkylation sites (tertiary alicyclic amines) is 1. The number of carboxylic acids is 1. The first kappa shape index (κ1) is 67.8. The topological polar surface area (TPSA) is 266 Å². The molecule has 14 rings (SSSR count). The van der Waals surface area contributed by atoms with Gasteiger partial charge in [0.2, 0.25) is 23.6 Å². The SMILES string of the molecule is Cc1ncsc1-c1ccc(CNC(=O)[C@@H]2C[C@@H](O)CN2C(=O)[C@@H](NC(=O)CCCCCC(=O)N2CCN(CCOC34CC5(C)CC(C)(CC(Cn6ncc(-c7ccc(N8CCCc9c8nnc(Nc8nc%10ccccc%10s8)c9C)nc7C(=O)O)c6C)(C5)C3)C4)CC2)C(C)(C)C)cc1. The number of carbonyl (C=O) groups is 5. The highest BCUT2D eigenvalue weighted by Gasteiger charge is 2.66. The minimum absolute atomic E-state index is 0.000189. The van der Waals surface area contributed by atoms with Crippen molar-refractivity contribution in [1.29, 1.82) is 0 Å². The predicted octanol–water partition coefficient (Wildman–Crippen LogP) is 11.0. The number of piperazine rings is 1. The van der Waals surface area contributed by atoms with E-state index in [0.717, 1.165) is 131 Å². The van der Waals surface area contributed by atoms with Gasteiger partial charge in [0.1, 0.15) is 17.9 Å². The highest BCUT2D eigenvalue weighted by molar-refractivity contribution is 7.22. The molecule has 0 radical (unpaired) electrons. The molecule has 2 unspecified atom stereocenters. The second-order valence-electron chi connectivity index (χ2n) is 30.5. The Hall–Kier alpha value is -7.77. The molecule has 22 nitrogen and oxygen atoms in total. The number of ether oxygens (including phenoxy) is 1. The van der Waals surface area contributed by atoms with Crippen LogP contribution in [0.2, 0.25) is 0 Å². The number of thiazole rings is 2. The number of amides is 4. The zero-order valence-electron chi connectivity index (χ0n) is 57.2. The summed E-state index contributed by atoms with van der Waals surface area (Å²) in [4.78, 5) is 90.7. The molecule has 2 aromatic carbocycles. The number of aliphatic hydroxyl groups excluding tert-OH is 1. The highest BCUT2D eigenvalue weighted by atomic mass is 32.1. The smallest absolute Gasteiger partial charge is 0.355 e. The van der Waals surface area contributed by atoms with Crippen LogP contribution in [0.25, 0.3) is 31.8 Å². The Morgan fingerprint density at radius 2 is 1.59 bits per heavy atom. The van der Waals surface area contributed by atoms with E-state index in [1.54, 1.807) is 22.7 Å². The normalized spacial score (nSPS) is 24.2. The maximum Gasteiger partial charge on any atom is 0.355 e. The van der Waals surface area contributed by atoms with Gasteiger partial charge in [0, 0.05) is 106 Å². The number of benzene rings is 2. The van der Waals surface area contributed by atoms with Crippen molar-refractivity contribution in [3.63, 3.8) is 0 Å². The lowest BCUT2D eigenvalue weighted by Gasteiger charge is -2.69. The summed E-state index contributed by atoms with van der Waals surface area (Å²) in [6.45, 7) is 22.5. The van der Waals surface area contributed by atoms with Crippen LogP contribution in [-0.2, 0) is 43.4 Å². The van der Waals surface area contributed by atoms with Crippen molar-refractivity contribution in [3.05, 3.63) is 106 Å². The molecule has 3 aliphatic heterocycles. The van der Waals surface area contributed by atoms with E-state index in [1.807, 2.05) is 124 Å². The Bertz CT molecular complexity index is 4060. The van der Waals surface area contributed by atoms with Crippen molar-refractivity contribution in [1.82, 2.24) is 60.3 Å². The Labute approximate surface area is 575 Å². The zero-order chi connectivity index (χ0) is 68.2. The molecule has 0 spiro atoms. The minimum atomic E-state index is -1.11. The molecule has 4 saturated carbocycles. The van der Waals surface area contributed by atoms with Gasteiger partial charge in [0.25, 0.3) is 0 Å². The van der Waals surface area contributed by atoms with Gasteiger partial charge in [-0.3, -0.25) is 28.8 Å². The number of hydrogen-bond acceptors (Lipinski definition) is 18. The van der Waals surface area contributed by atoms with Crippen LogP contribution in [-0.4, -0.2) is 166 Å². The quantitative estimate of drug-likeness (QED) is 0.0373. The van der Waals surface area contributed by atoms with E-state index in [9.17, 15) is 34.2 Å². The number of carbonyl (C=O) groups excluding carboxylic acids is 4. The lowest BCUT2D eigenvalue weighted by atomic mass is 9.39. The number of aliphatic hydroxyl groups is 1. The maximum absolute atomic E-state index is 14.2. The number of para-hydroxylation sites is 1. The molecular formula is C73H92N14O8S2. The number of aromatic carboxylic acids is 1. The molecule has 4 amide bonds. The molecule has 5 N–H and O–H groups in total. The summed E-state index contributed by atoms with van der Waals surface area (Å²) in [6, 6.07) is 17.9. The fourth-order valence-corrected chi connectivity index (χ4v) is 19.5. The number of carboxylic acid groups (broad SMARTS) is 1. The van der Waals surface area contributed by atoms with Gasteiger partial charge in [-0.2, -0.15) is 5.10 Å². The van der Waals surface area contributed by atoms with Crippen molar-refractivity contribution in [2.24, 2.45) is 21.7 Å². The average Bonchev–Trinajstić information content (AvgIpc) is 1.45. The molecule has 97 heavy (non-hydrogen) atoms. The number of unbranched alkanes of at least 4 members (excludes halogenated alkanes) is 2. The third-order valence-corrected chi connectivity index (χ3v) is 23.3. The molecule has 6 fully saturated rings. The average molecular weight is 1360 g/mol. The third kappa shape index (κ3) is 14.4. The van der Waals surface area contributed by atoms with Crippen molar-refractivity contribution in [2.45, 2.75) is 182 Å². The van der Waals surface area contributed by atoms with E-state index in [4.69, 9.17) is 24.9 Å². The number of fused-ring (bicyclic) bond motifs is 2. The molecule has 514 valence electrons. The predicted molar refractivity (Wildman–Crippen MR) is 375 cm³/mol. The van der Waals surface area contributed by atoms with Crippen LogP contribution in [0.15, 0.2) is 72.4 Å². The first-order valence-electron chi connectivity index (χ1n) is 34.6. The summed E-state index contributed by atoms with van der Waals surface area (Å²) in [7, 11) is 0. The van der Waals surface area contributed by atoms with Gasteiger partial charge < -0.3 is 45.6 Å². The summed E-state index contributed by atoms with van der Waals surface area (Å²) in [5.41, 5.74) is 9.09. The first-order chi connectivity index (χ1) is 46.3. The molecule has 2 saturated heterocycles. The van der Waals surface area contributed by atoms with E-state index in [1.165, 1.54) is 11.3 Å². The number of nitrogens with one attached hydrogen (secondary N) is 3. The number of hydrogen-bond donors (Lipinski definition) is 5. The monoisotopic (exact) mass is 1360 g/mol. The van der Waals surface area contributed by atoms with Gasteiger partial charge in [0.15, 0.2) is 22.5 Å². The van der Waals surface area contributed by atoms with Crippen LogP contribution in [0.5, 0.6) is 0 Å². The van der Waals surface area contributed by atoms with Crippen LogP contribution < -0.4 is 20.9 Å². The van der Waals surface area contributed by atoms with Crippen molar-refractivity contribution >= 4 is 85.1 Å². The van der Waals surface area contributed by atoms with Crippen molar-refractivity contribution < 1.29 is 38.9 Å². The van der Waals surface area contributed by atoms with Gasteiger partial charge in [0.05, 0.1) is 50.8 Å². The molecule has 24 heteroatoms. The minimum Gasteiger partial charge on any atom is -0.476 e. The third-order valence-electron chi connectivity index (χ3n) is 21.3. The highest BCUT2D eigenvalue weighted by Crippen LogP contribution is 2.72. The Kier molecular flexibility index (Phi) is 19.0. The van der Waals surface area contributed by atoms with E-state index < -0.39 is 35.5 Å². The number of aromatic nitrogens is 7. The standard InChI is InChI=1S/C73H92N14O8S2/c1-45-51-15-14-26-85(64(51)82-81-63(45)80-68-77-54-16-12-13-17-56(54)97-68)57-25-24-52(60(78-57)67(93)94)53-35-76-87(47(53)3)43-72-38-70(7)37-71(8,39-72)41-73(40-70,42-72)95-32-31-83-27-29-84(30-28-83)59(90)19-11-9-10-18-58(89)79-62(69(4,5)6)66(92)86-36-50(88)33-55(86)65(91)74-34-48-20-22-49(23-21-48)61-46(2)75-44-96-61/h12-13,16-17,20-25,35,44,50,55,62,88H,9-11,14-15,18-19,26-34,36-43H2,1-8H3,(H,74,91)(H,79,89)(H,93,94)(H,77,80,81)/t50-,55+,62-,70?,71?,72?,73?/m1/s1. The number of aryl methyl sites for hydroxylation is 1. The first-order valence-corrected chi connectivity index (χ1v) is 36.3. The lowest BCUT2D eigenvalue weighted by Crippen LogP contribution is -2.64. The Morgan fingerprint density at radius 3 is 2.31 bits per heavy atom. The molecule has 7 aromatic rings.